The number of carbonyl (C=O) groups is 1. The van der Waals surface area contributed by atoms with Crippen LogP contribution in [0.5, 0.6) is 0 Å². The summed E-state index contributed by atoms with van der Waals surface area (Å²) in [6.45, 7) is 0. The fourth-order valence-corrected chi connectivity index (χ4v) is 5.76. The maximum atomic E-state index is 11.6. The van der Waals surface area contributed by atoms with E-state index in [1.54, 1.807) is 0 Å². The molecule has 2 N–H and O–H groups in total. The molecule has 4 rings (SSSR count). The van der Waals surface area contributed by atoms with Crippen molar-refractivity contribution in [2.45, 2.75) is 42.7 Å². The Bertz CT molecular complexity index is 561. The van der Waals surface area contributed by atoms with Crippen LogP contribution >= 0.6 is 11.8 Å². The van der Waals surface area contributed by atoms with Crippen LogP contribution in [-0.4, -0.2) is 22.9 Å². The summed E-state index contributed by atoms with van der Waals surface area (Å²) in [7, 11) is 0. The topological polar surface area (TPSA) is 49.3 Å². The molecule has 2 saturated carbocycles. The van der Waals surface area contributed by atoms with Gasteiger partial charge in [-0.1, -0.05) is 18.2 Å². The number of fused-ring (bicyclic) bond motifs is 3. The molecule has 0 amide bonds. The lowest BCUT2D eigenvalue weighted by Gasteiger charge is -2.35. The van der Waals surface area contributed by atoms with Gasteiger partial charge in [0.2, 0.25) is 0 Å². The second-order valence-electron chi connectivity index (χ2n) is 6.62. The highest BCUT2D eigenvalue weighted by Gasteiger charge is 2.51. The number of hydrogen-bond donors (Lipinski definition) is 2. The first-order chi connectivity index (χ1) is 10.2. The third kappa shape index (κ3) is 2.29. The van der Waals surface area contributed by atoms with Gasteiger partial charge in [-0.05, 0) is 54.9 Å². The summed E-state index contributed by atoms with van der Waals surface area (Å²) in [6, 6.07) is 9.06. The molecule has 0 aromatic heterocycles. The third-order valence-corrected chi connectivity index (χ3v) is 6.68. The maximum absolute atomic E-state index is 11.6. The van der Waals surface area contributed by atoms with Crippen LogP contribution in [0, 0.1) is 17.8 Å². The lowest BCUT2D eigenvalue weighted by molar-refractivity contribution is -0.144. The molecule has 5 unspecified atom stereocenters. The molecule has 5 atom stereocenters. The Morgan fingerprint density at radius 1 is 1.19 bits per heavy atom. The van der Waals surface area contributed by atoms with Gasteiger partial charge < -0.3 is 10.4 Å². The number of rotatable bonds is 3. The van der Waals surface area contributed by atoms with Gasteiger partial charge in [-0.2, -0.15) is 0 Å². The minimum absolute atomic E-state index is 0.169. The van der Waals surface area contributed by atoms with Gasteiger partial charge >= 0.3 is 5.97 Å². The highest BCUT2D eigenvalue weighted by molar-refractivity contribution is 7.99. The number of carboxylic acids is 1. The minimum Gasteiger partial charge on any atom is -0.481 e. The molecule has 1 aromatic rings. The van der Waals surface area contributed by atoms with Crippen LogP contribution in [0.1, 0.15) is 37.3 Å². The molecule has 1 heterocycles. The number of thioether (sulfide) groups is 1. The van der Waals surface area contributed by atoms with Crippen molar-refractivity contribution in [2.75, 3.05) is 5.75 Å². The van der Waals surface area contributed by atoms with Crippen molar-refractivity contribution in [3.63, 3.8) is 0 Å². The average molecular weight is 303 g/mol. The zero-order valence-electron chi connectivity index (χ0n) is 12.0. The number of hydrogen-bond acceptors (Lipinski definition) is 3. The predicted molar refractivity (Wildman–Crippen MR) is 83.4 cm³/mol. The van der Waals surface area contributed by atoms with E-state index in [0.29, 0.717) is 17.9 Å². The Morgan fingerprint density at radius 2 is 2.00 bits per heavy atom. The van der Waals surface area contributed by atoms with E-state index in [0.717, 1.165) is 25.0 Å². The lowest BCUT2D eigenvalue weighted by atomic mass is 9.83. The molecule has 21 heavy (non-hydrogen) atoms. The molecule has 3 aliphatic rings. The van der Waals surface area contributed by atoms with Crippen molar-refractivity contribution in [1.29, 1.82) is 0 Å². The summed E-state index contributed by atoms with van der Waals surface area (Å²) in [4.78, 5) is 13.0. The van der Waals surface area contributed by atoms with Crippen LogP contribution in [0.2, 0.25) is 0 Å². The van der Waals surface area contributed by atoms with E-state index in [4.69, 9.17) is 0 Å². The molecule has 2 aliphatic carbocycles. The minimum atomic E-state index is -0.599. The van der Waals surface area contributed by atoms with Crippen molar-refractivity contribution >= 4 is 17.7 Å². The van der Waals surface area contributed by atoms with Crippen molar-refractivity contribution < 1.29 is 9.90 Å². The molecule has 4 heteroatoms. The molecule has 3 nitrogen and oxygen atoms in total. The van der Waals surface area contributed by atoms with Crippen LogP contribution in [0.4, 0.5) is 0 Å². The first-order valence-corrected chi connectivity index (χ1v) is 8.93. The van der Waals surface area contributed by atoms with Crippen LogP contribution in [0.25, 0.3) is 0 Å². The molecule has 1 aromatic carbocycles. The molecular weight excluding hydrogens is 282 g/mol. The molecule has 0 spiro atoms. The molecule has 112 valence electrons. The van der Waals surface area contributed by atoms with E-state index < -0.39 is 5.97 Å². The number of aliphatic carboxylic acids is 1. The second kappa shape index (κ2) is 5.33. The number of nitrogens with one attached hydrogen (secondary N) is 1. The highest BCUT2D eigenvalue weighted by Crippen LogP contribution is 2.50. The Balaban J connectivity index is 1.58. The molecule has 0 radical (unpaired) electrons. The van der Waals surface area contributed by atoms with E-state index in [2.05, 4.69) is 29.6 Å². The maximum Gasteiger partial charge on any atom is 0.308 e. The van der Waals surface area contributed by atoms with Gasteiger partial charge in [0.15, 0.2) is 0 Å². The monoisotopic (exact) mass is 303 g/mol. The van der Waals surface area contributed by atoms with E-state index in [1.807, 2.05) is 11.8 Å². The van der Waals surface area contributed by atoms with Crippen molar-refractivity contribution in [3.05, 3.63) is 29.8 Å². The fraction of sp³-hybridized carbons (Fsp3) is 0.588. The zero-order valence-corrected chi connectivity index (χ0v) is 12.8. The first kappa shape index (κ1) is 13.6. The lowest BCUT2D eigenvalue weighted by Crippen LogP contribution is -2.46. The van der Waals surface area contributed by atoms with Gasteiger partial charge in [0.05, 0.1) is 5.92 Å². The van der Waals surface area contributed by atoms with E-state index in [1.165, 1.54) is 16.9 Å². The van der Waals surface area contributed by atoms with Crippen molar-refractivity contribution in [3.8, 4) is 0 Å². The normalized spacial score (nSPS) is 37.4. The van der Waals surface area contributed by atoms with Gasteiger partial charge in [-0.3, -0.25) is 4.79 Å². The zero-order chi connectivity index (χ0) is 14.4. The Labute approximate surface area is 129 Å². The molecular formula is C17H21NO2S. The summed E-state index contributed by atoms with van der Waals surface area (Å²) >= 11 is 1.92. The number of carboxylic acid groups (broad SMARTS) is 1. The van der Waals surface area contributed by atoms with E-state index in [9.17, 15) is 9.90 Å². The van der Waals surface area contributed by atoms with Gasteiger partial charge in [-0.25, -0.2) is 0 Å². The second-order valence-corrected chi connectivity index (χ2v) is 7.75. The number of benzene rings is 1. The van der Waals surface area contributed by atoms with Crippen LogP contribution < -0.4 is 5.32 Å². The van der Waals surface area contributed by atoms with Gasteiger partial charge in [-0.15, -0.1) is 11.8 Å². The summed E-state index contributed by atoms with van der Waals surface area (Å²) in [5.41, 5.74) is 1.36. The quantitative estimate of drug-likeness (QED) is 0.899. The van der Waals surface area contributed by atoms with Gasteiger partial charge in [0.1, 0.15) is 0 Å². The summed E-state index contributed by atoms with van der Waals surface area (Å²) in [6.07, 6.45) is 4.52. The van der Waals surface area contributed by atoms with Gasteiger partial charge in [0, 0.05) is 17.0 Å². The Morgan fingerprint density at radius 3 is 2.86 bits per heavy atom. The molecule has 1 aliphatic heterocycles. The van der Waals surface area contributed by atoms with Crippen molar-refractivity contribution in [1.82, 2.24) is 5.32 Å². The van der Waals surface area contributed by atoms with Crippen LogP contribution in [0.3, 0.4) is 0 Å². The fourth-order valence-electron chi connectivity index (χ4n) is 4.63. The van der Waals surface area contributed by atoms with Gasteiger partial charge in [0.25, 0.3) is 0 Å². The SMILES string of the molecule is O=C(O)C1C2CCC(C2)C1NC1CCSc2ccccc21. The Kier molecular flexibility index (Phi) is 3.46. The van der Waals surface area contributed by atoms with Crippen LogP contribution in [0.15, 0.2) is 29.2 Å². The molecule has 2 fully saturated rings. The smallest absolute Gasteiger partial charge is 0.308 e. The van der Waals surface area contributed by atoms with E-state index >= 15 is 0 Å². The predicted octanol–water partition coefficient (Wildman–Crippen LogP) is 3.31. The summed E-state index contributed by atoms with van der Waals surface area (Å²) in [5.74, 6) is 1.31. The first-order valence-electron chi connectivity index (χ1n) is 7.94. The van der Waals surface area contributed by atoms with Crippen LogP contribution in [-0.2, 0) is 4.79 Å². The summed E-state index contributed by atoms with van der Waals surface area (Å²) in [5, 5.41) is 13.3. The Hall–Kier alpha value is -1.00. The standard InChI is InChI=1S/C17H21NO2S/c19-17(20)15-10-5-6-11(9-10)16(15)18-13-7-8-21-14-4-2-1-3-12(13)14/h1-4,10-11,13,15-16,18H,5-9H2,(H,19,20). The summed E-state index contributed by atoms with van der Waals surface area (Å²) < 4.78 is 0. The largest absolute Gasteiger partial charge is 0.481 e. The highest BCUT2D eigenvalue weighted by atomic mass is 32.2. The third-order valence-electron chi connectivity index (χ3n) is 5.55. The van der Waals surface area contributed by atoms with Crippen molar-refractivity contribution in [2.24, 2.45) is 17.8 Å². The molecule has 0 saturated heterocycles. The molecule has 2 bridgehead atoms. The average Bonchev–Trinajstić information content (AvgIpc) is 3.08. The van der Waals surface area contributed by atoms with E-state index in [-0.39, 0.29) is 12.0 Å².